The van der Waals surface area contributed by atoms with Crippen molar-refractivity contribution in [1.29, 1.82) is 0 Å². The minimum Gasteiger partial charge on any atom is -0.350 e. The molecule has 0 aromatic heterocycles. The number of hydrogen-bond donors (Lipinski definition) is 2. The van der Waals surface area contributed by atoms with Gasteiger partial charge in [-0.2, -0.15) is 0 Å². The maximum Gasteiger partial charge on any atom is 0.220 e. The van der Waals surface area contributed by atoms with Crippen LogP contribution in [0.15, 0.2) is 24.3 Å². The second-order valence-corrected chi connectivity index (χ2v) is 5.92. The van der Waals surface area contributed by atoms with E-state index in [1.165, 1.54) is 11.1 Å². The van der Waals surface area contributed by atoms with Crippen molar-refractivity contribution >= 4 is 5.91 Å². The summed E-state index contributed by atoms with van der Waals surface area (Å²) in [5.41, 5.74) is 8.05. The Balaban J connectivity index is 2.44. The number of nitrogens with two attached hydrogens (primary N) is 1. The van der Waals surface area contributed by atoms with Crippen LogP contribution in [0.3, 0.4) is 0 Å². The largest absolute Gasteiger partial charge is 0.350 e. The number of carbonyl (C=O) groups excluding carboxylic acids is 1. The fraction of sp³-hybridized carbons (Fsp3) is 0.611. The van der Waals surface area contributed by atoms with Crippen LogP contribution in [0.5, 0.6) is 0 Å². The highest BCUT2D eigenvalue weighted by molar-refractivity contribution is 5.76. The molecule has 0 bridgehead atoms. The SMILES string of the molecule is CCCC(CCN)CCC(=O)NC(C)c1ccccc1C. The molecule has 21 heavy (non-hydrogen) atoms. The van der Waals surface area contributed by atoms with Gasteiger partial charge >= 0.3 is 0 Å². The first-order chi connectivity index (χ1) is 10.1. The molecule has 0 aliphatic heterocycles. The Labute approximate surface area is 129 Å². The highest BCUT2D eigenvalue weighted by atomic mass is 16.1. The molecule has 2 atom stereocenters. The summed E-state index contributed by atoms with van der Waals surface area (Å²) in [4.78, 5) is 12.1. The Morgan fingerprint density at radius 1 is 1.24 bits per heavy atom. The van der Waals surface area contributed by atoms with E-state index in [1.54, 1.807) is 0 Å². The van der Waals surface area contributed by atoms with Gasteiger partial charge < -0.3 is 11.1 Å². The average molecular weight is 290 g/mol. The normalized spacial score (nSPS) is 13.7. The van der Waals surface area contributed by atoms with Gasteiger partial charge in [-0.05, 0) is 50.3 Å². The van der Waals surface area contributed by atoms with Crippen molar-refractivity contribution in [2.45, 2.75) is 58.9 Å². The van der Waals surface area contributed by atoms with E-state index in [1.807, 2.05) is 19.1 Å². The number of hydrogen-bond acceptors (Lipinski definition) is 2. The summed E-state index contributed by atoms with van der Waals surface area (Å²) in [7, 11) is 0. The number of carbonyl (C=O) groups is 1. The third kappa shape index (κ3) is 6.30. The van der Waals surface area contributed by atoms with Crippen LogP contribution in [0.25, 0.3) is 0 Å². The molecule has 1 amide bonds. The topological polar surface area (TPSA) is 55.1 Å². The monoisotopic (exact) mass is 290 g/mol. The lowest BCUT2D eigenvalue weighted by Gasteiger charge is -2.18. The van der Waals surface area contributed by atoms with E-state index in [0.717, 1.165) is 25.7 Å². The maximum absolute atomic E-state index is 12.1. The van der Waals surface area contributed by atoms with E-state index in [-0.39, 0.29) is 11.9 Å². The summed E-state index contributed by atoms with van der Waals surface area (Å²) in [5, 5.41) is 3.11. The second-order valence-electron chi connectivity index (χ2n) is 5.92. The van der Waals surface area contributed by atoms with Gasteiger partial charge in [-0.25, -0.2) is 0 Å². The first-order valence-electron chi connectivity index (χ1n) is 8.13. The third-order valence-electron chi connectivity index (χ3n) is 4.08. The molecule has 0 saturated carbocycles. The van der Waals surface area contributed by atoms with Crippen LogP contribution in [-0.4, -0.2) is 12.5 Å². The van der Waals surface area contributed by atoms with Crippen molar-refractivity contribution in [2.75, 3.05) is 6.54 Å². The van der Waals surface area contributed by atoms with Crippen molar-refractivity contribution in [2.24, 2.45) is 11.7 Å². The molecule has 0 saturated heterocycles. The smallest absolute Gasteiger partial charge is 0.220 e. The molecule has 118 valence electrons. The van der Waals surface area contributed by atoms with Gasteiger partial charge in [0.25, 0.3) is 0 Å². The first kappa shape index (κ1) is 17.7. The lowest BCUT2D eigenvalue weighted by molar-refractivity contribution is -0.122. The number of benzene rings is 1. The van der Waals surface area contributed by atoms with Gasteiger partial charge in [0, 0.05) is 6.42 Å². The van der Waals surface area contributed by atoms with Crippen molar-refractivity contribution in [3.05, 3.63) is 35.4 Å². The second kappa shape index (κ2) is 9.56. The molecule has 1 aromatic carbocycles. The third-order valence-corrected chi connectivity index (χ3v) is 4.08. The van der Waals surface area contributed by atoms with Crippen molar-refractivity contribution < 1.29 is 4.79 Å². The highest BCUT2D eigenvalue weighted by Gasteiger charge is 2.13. The van der Waals surface area contributed by atoms with Crippen LogP contribution < -0.4 is 11.1 Å². The molecule has 0 fully saturated rings. The fourth-order valence-electron chi connectivity index (χ4n) is 2.88. The van der Waals surface area contributed by atoms with E-state index >= 15 is 0 Å². The van der Waals surface area contributed by atoms with Crippen LogP contribution in [0, 0.1) is 12.8 Å². The predicted molar refractivity (Wildman–Crippen MR) is 89.0 cm³/mol. The van der Waals surface area contributed by atoms with Crippen LogP contribution in [0.1, 0.15) is 63.1 Å². The quantitative estimate of drug-likeness (QED) is 0.728. The zero-order chi connectivity index (χ0) is 15.7. The molecule has 3 N–H and O–H groups in total. The van der Waals surface area contributed by atoms with E-state index in [4.69, 9.17) is 5.73 Å². The molecule has 2 unspecified atom stereocenters. The number of aryl methyl sites for hydroxylation is 1. The Morgan fingerprint density at radius 3 is 2.57 bits per heavy atom. The summed E-state index contributed by atoms with van der Waals surface area (Å²) in [6.07, 6.45) is 4.89. The van der Waals surface area contributed by atoms with Gasteiger partial charge in [-0.15, -0.1) is 0 Å². The van der Waals surface area contributed by atoms with Gasteiger partial charge in [0.1, 0.15) is 0 Å². The molecule has 0 heterocycles. The Bertz CT molecular complexity index is 425. The summed E-state index contributed by atoms with van der Waals surface area (Å²) in [6, 6.07) is 8.27. The molecule has 1 rings (SSSR count). The molecule has 0 radical (unpaired) electrons. The lowest BCUT2D eigenvalue weighted by atomic mass is 9.94. The van der Waals surface area contributed by atoms with E-state index < -0.39 is 0 Å². The molecule has 0 aliphatic rings. The zero-order valence-electron chi connectivity index (χ0n) is 13.7. The minimum absolute atomic E-state index is 0.0674. The summed E-state index contributed by atoms with van der Waals surface area (Å²) in [5.74, 6) is 0.725. The lowest BCUT2D eigenvalue weighted by Crippen LogP contribution is -2.27. The van der Waals surface area contributed by atoms with E-state index in [9.17, 15) is 4.79 Å². The zero-order valence-corrected chi connectivity index (χ0v) is 13.7. The minimum atomic E-state index is 0.0674. The van der Waals surface area contributed by atoms with Crippen molar-refractivity contribution in [3.8, 4) is 0 Å². The van der Waals surface area contributed by atoms with Crippen LogP contribution in [0.2, 0.25) is 0 Å². The Kier molecular flexibility index (Phi) is 8.06. The maximum atomic E-state index is 12.1. The van der Waals surface area contributed by atoms with Gasteiger partial charge in [0.2, 0.25) is 5.91 Å². The van der Waals surface area contributed by atoms with Gasteiger partial charge in [-0.3, -0.25) is 4.79 Å². The fourth-order valence-corrected chi connectivity index (χ4v) is 2.88. The molecule has 3 heteroatoms. The molecule has 1 aromatic rings. The van der Waals surface area contributed by atoms with Crippen LogP contribution >= 0.6 is 0 Å². The van der Waals surface area contributed by atoms with E-state index in [0.29, 0.717) is 18.9 Å². The first-order valence-corrected chi connectivity index (χ1v) is 8.13. The van der Waals surface area contributed by atoms with Gasteiger partial charge in [0.15, 0.2) is 0 Å². The van der Waals surface area contributed by atoms with Crippen molar-refractivity contribution in [1.82, 2.24) is 5.32 Å². The molecule has 0 aliphatic carbocycles. The predicted octanol–water partition coefficient (Wildman–Crippen LogP) is 3.72. The molecular formula is C18H30N2O. The summed E-state index contributed by atoms with van der Waals surface area (Å²) < 4.78 is 0. The van der Waals surface area contributed by atoms with Gasteiger partial charge in [0.05, 0.1) is 6.04 Å². The Hall–Kier alpha value is -1.35. The van der Waals surface area contributed by atoms with Crippen LogP contribution in [0.4, 0.5) is 0 Å². The summed E-state index contributed by atoms with van der Waals surface area (Å²) in [6.45, 7) is 7.02. The van der Waals surface area contributed by atoms with Crippen LogP contribution in [-0.2, 0) is 4.79 Å². The number of rotatable bonds is 9. The van der Waals surface area contributed by atoms with E-state index in [2.05, 4.69) is 31.3 Å². The van der Waals surface area contributed by atoms with Crippen molar-refractivity contribution in [3.63, 3.8) is 0 Å². The summed E-state index contributed by atoms with van der Waals surface area (Å²) >= 11 is 0. The molecular weight excluding hydrogens is 260 g/mol. The standard InChI is InChI=1S/C18H30N2O/c1-4-7-16(12-13-19)10-11-18(21)20-15(3)17-9-6-5-8-14(17)2/h5-6,8-9,15-16H,4,7,10-13,19H2,1-3H3,(H,20,21). The Morgan fingerprint density at radius 2 is 1.95 bits per heavy atom. The molecule has 3 nitrogen and oxygen atoms in total. The van der Waals surface area contributed by atoms with Gasteiger partial charge in [-0.1, -0.05) is 44.0 Å². The molecule has 0 spiro atoms. The number of nitrogens with one attached hydrogen (secondary N) is 1. The number of amides is 1. The average Bonchev–Trinajstić information content (AvgIpc) is 2.45. The highest BCUT2D eigenvalue weighted by Crippen LogP contribution is 2.19.